The molecule has 1 fully saturated rings. The Kier molecular flexibility index (Phi) is 3.42. The molecular formula is C21H20N4O. The molecule has 0 radical (unpaired) electrons. The summed E-state index contributed by atoms with van der Waals surface area (Å²) in [6, 6.07) is 12.4. The highest BCUT2D eigenvalue weighted by atomic mass is 16.2. The summed E-state index contributed by atoms with van der Waals surface area (Å²) in [7, 11) is 1.97. The predicted octanol–water partition coefficient (Wildman–Crippen LogP) is 3.43. The van der Waals surface area contributed by atoms with Crippen LogP contribution < -0.4 is 0 Å². The zero-order valence-corrected chi connectivity index (χ0v) is 14.7. The molecule has 0 aliphatic carbocycles. The summed E-state index contributed by atoms with van der Waals surface area (Å²) in [5, 5.41) is 5.29. The molecule has 1 saturated heterocycles. The maximum Gasteiger partial charge on any atom is 0.256 e. The van der Waals surface area contributed by atoms with Gasteiger partial charge in [0, 0.05) is 30.9 Å². The van der Waals surface area contributed by atoms with Crippen molar-refractivity contribution in [3.63, 3.8) is 0 Å². The molecule has 2 aliphatic heterocycles. The summed E-state index contributed by atoms with van der Waals surface area (Å²) in [5.41, 5.74) is 4.06. The number of para-hydroxylation sites is 1. The van der Waals surface area contributed by atoms with Crippen LogP contribution >= 0.6 is 0 Å². The molecule has 2 aliphatic rings. The second kappa shape index (κ2) is 5.80. The zero-order valence-electron chi connectivity index (χ0n) is 14.7. The summed E-state index contributed by atoms with van der Waals surface area (Å²) in [6.45, 7) is 0. The van der Waals surface area contributed by atoms with Crippen molar-refractivity contribution in [1.29, 1.82) is 0 Å². The van der Waals surface area contributed by atoms with Gasteiger partial charge in [0.15, 0.2) is 0 Å². The molecule has 2 atom stereocenters. The lowest BCUT2D eigenvalue weighted by molar-refractivity contribution is 0.0692. The van der Waals surface area contributed by atoms with Crippen LogP contribution in [0.2, 0.25) is 0 Å². The molecule has 1 aromatic carbocycles. The van der Waals surface area contributed by atoms with Crippen LogP contribution in [0.4, 0.5) is 0 Å². The minimum Gasteiger partial charge on any atom is -0.329 e. The Labute approximate surface area is 152 Å². The Morgan fingerprint density at radius 1 is 1.19 bits per heavy atom. The van der Waals surface area contributed by atoms with Crippen molar-refractivity contribution < 1.29 is 4.79 Å². The highest BCUT2D eigenvalue weighted by Gasteiger charge is 2.40. The van der Waals surface area contributed by atoms with E-state index in [0.29, 0.717) is 5.56 Å². The number of hydrogen-bond donors (Lipinski definition) is 0. The highest BCUT2D eigenvalue weighted by molar-refractivity contribution is 5.98. The molecule has 0 saturated carbocycles. The fourth-order valence-corrected chi connectivity index (χ4v) is 4.36. The van der Waals surface area contributed by atoms with E-state index in [-0.39, 0.29) is 18.0 Å². The Balaban J connectivity index is 1.48. The molecule has 5 nitrogen and oxygen atoms in total. The van der Waals surface area contributed by atoms with E-state index >= 15 is 0 Å². The number of fused-ring (bicyclic) bond motifs is 3. The standard InChI is InChI=1S/C21H20N4O/c1-24-20(8-9-23-24)15-11-17-6-7-18(12-15)25(17)21(26)16-10-14-4-2-3-5-19(14)22-13-16/h2-5,8-11,13,17-18H,6-7,12H2,1H3/t17-,18+/m1/s1. The molecule has 5 rings (SSSR count). The fraction of sp³-hybridized carbons (Fsp3) is 0.286. The normalized spacial score (nSPS) is 21.9. The van der Waals surface area contributed by atoms with Gasteiger partial charge in [0.25, 0.3) is 5.91 Å². The number of carbonyl (C=O) groups excluding carboxylic acids is 1. The summed E-state index contributed by atoms with van der Waals surface area (Å²) in [6.07, 6.45) is 8.77. The quantitative estimate of drug-likeness (QED) is 0.716. The van der Waals surface area contributed by atoms with Crippen LogP contribution in [0.1, 0.15) is 35.3 Å². The van der Waals surface area contributed by atoms with Crippen LogP contribution in [0, 0.1) is 0 Å². The molecule has 0 N–H and O–H groups in total. The smallest absolute Gasteiger partial charge is 0.256 e. The van der Waals surface area contributed by atoms with Gasteiger partial charge in [-0.25, -0.2) is 0 Å². The average molecular weight is 344 g/mol. The summed E-state index contributed by atoms with van der Waals surface area (Å²) in [5.74, 6) is 0.0936. The van der Waals surface area contributed by atoms with E-state index in [1.165, 1.54) is 5.57 Å². The Hall–Kier alpha value is -2.95. The second-order valence-corrected chi connectivity index (χ2v) is 7.16. The van der Waals surface area contributed by atoms with E-state index in [1.807, 2.05) is 48.3 Å². The maximum atomic E-state index is 13.2. The zero-order chi connectivity index (χ0) is 17.7. The first-order valence-electron chi connectivity index (χ1n) is 9.07. The summed E-state index contributed by atoms with van der Waals surface area (Å²) in [4.78, 5) is 19.7. The number of carbonyl (C=O) groups is 1. The molecule has 3 aromatic rings. The van der Waals surface area contributed by atoms with Crippen molar-refractivity contribution in [2.75, 3.05) is 0 Å². The van der Waals surface area contributed by atoms with Gasteiger partial charge in [-0.2, -0.15) is 5.10 Å². The molecule has 0 unspecified atom stereocenters. The summed E-state index contributed by atoms with van der Waals surface area (Å²) >= 11 is 0. The number of rotatable bonds is 2. The van der Waals surface area contributed by atoms with Gasteiger partial charge in [0.05, 0.1) is 22.8 Å². The van der Waals surface area contributed by atoms with Gasteiger partial charge in [-0.3, -0.25) is 14.5 Å². The van der Waals surface area contributed by atoms with Gasteiger partial charge in [-0.1, -0.05) is 24.3 Å². The van der Waals surface area contributed by atoms with Crippen molar-refractivity contribution in [3.05, 3.63) is 66.1 Å². The maximum absolute atomic E-state index is 13.2. The number of pyridine rings is 1. The van der Waals surface area contributed by atoms with Crippen molar-refractivity contribution in [2.45, 2.75) is 31.3 Å². The van der Waals surface area contributed by atoms with Gasteiger partial charge in [0.1, 0.15) is 0 Å². The van der Waals surface area contributed by atoms with E-state index in [2.05, 4.69) is 27.1 Å². The van der Waals surface area contributed by atoms with Gasteiger partial charge in [0.2, 0.25) is 0 Å². The summed E-state index contributed by atoms with van der Waals surface area (Å²) < 4.78 is 1.91. The number of nitrogens with zero attached hydrogens (tertiary/aromatic N) is 4. The van der Waals surface area contributed by atoms with E-state index < -0.39 is 0 Å². The molecule has 26 heavy (non-hydrogen) atoms. The van der Waals surface area contributed by atoms with E-state index in [4.69, 9.17) is 0 Å². The van der Waals surface area contributed by atoms with Crippen molar-refractivity contribution in [1.82, 2.24) is 19.7 Å². The number of hydrogen-bond acceptors (Lipinski definition) is 3. The lowest BCUT2D eigenvalue weighted by Gasteiger charge is -2.34. The Morgan fingerprint density at radius 2 is 2.08 bits per heavy atom. The van der Waals surface area contributed by atoms with Gasteiger partial charge in [-0.05, 0) is 43.0 Å². The second-order valence-electron chi connectivity index (χ2n) is 7.16. The molecule has 0 spiro atoms. The van der Waals surface area contributed by atoms with Gasteiger partial charge in [-0.15, -0.1) is 0 Å². The predicted molar refractivity (Wildman–Crippen MR) is 101 cm³/mol. The molecule has 4 heterocycles. The lowest BCUT2D eigenvalue weighted by Crippen LogP contribution is -2.43. The fourth-order valence-electron chi connectivity index (χ4n) is 4.36. The minimum atomic E-state index is 0.0936. The van der Waals surface area contributed by atoms with Crippen LogP contribution in [0.15, 0.2) is 54.9 Å². The number of amides is 1. The molecule has 1 amide bonds. The van der Waals surface area contributed by atoms with Crippen LogP contribution in [0.3, 0.4) is 0 Å². The average Bonchev–Trinajstić information content (AvgIpc) is 3.21. The van der Waals surface area contributed by atoms with E-state index in [1.54, 1.807) is 6.20 Å². The third kappa shape index (κ3) is 2.35. The van der Waals surface area contributed by atoms with Crippen molar-refractivity contribution in [3.8, 4) is 0 Å². The topological polar surface area (TPSA) is 51.0 Å². The molecule has 5 heteroatoms. The Bertz CT molecular complexity index is 1040. The highest BCUT2D eigenvalue weighted by Crippen LogP contribution is 2.39. The van der Waals surface area contributed by atoms with Crippen LogP contribution in [0.25, 0.3) is 16.5 Å². The molecule has 130 valence electrons. The first-order valence-corrected chi connectivity index (χ1v) is 9.07. The third-order valence-electron chi connectivity index (χ3n) is 5.62. The SMILES string of the molecule is Cn1nccc1C1=C[C@H]2CC[C@@H](C1)N2C(=O)c1cnc2ccccc2c1. The lowest BCUT2D eigenvalue weighted by atomic mass is 9.97. The monoisotopic (exact) mass is 344 g/mol. The molecule has 2 aromatic heterocycles. The van der Waals surface area contributed by atoms with Gasteiger partial charge >= 0.3 is 0 Å². The van der Waals surface area contributed by atoms with E-state index in [0.717, 1.165) is 35.9 Å². The van der Waals surface area contributed by atoms with Crippen molar-refractivity contribution in [2.24, 2.45) is 7.05 Å². The van der Waals surface area contributed by atoms with Crippen LogP contribution in [-0.2, 0) is 7.05 Å². The van der Waals surface area contributed by atoms with Crippen molar-refractivity contribution >= 4 is 22.4 Å². The van der Waals surface area contributed by atoms with Crippen LogP contribution in [0.5, 0.6) is 0 Å². The first-order chi connectivity index (χ1) is 12.7. The molecule has 2 bridgehead atoms. The molecular weight excluding hydrogens is 324 g/mol. The van der Waals surface area contributed by atoms with Gasteiger partial charge < -0.3 is 4.90 Å². The number of aryl methyl sites for hydroxylation is 1. The Morgan fingerprint density at radius 3 is 2.88 bits per heavy atom. The van der Waals surface area contributed by atoms with Crippen LogP contribution in [-0.4, -0.2) is 37.7 Å². The number of aromatic nitrogens is 3. The number of benzene rings is 1. The minimum absolute atomic E-state index is 0.0936. The van der Waals surface area contributed by atoms with E-state index in [9.17, 15) is 4.79 Å². The third-order valence-corrected chi connectivity index (χ3v) is 5.62. The first kappa shape index (κ1) is 15.3. The largest absolute Gasteiger partial charge is 0.329 e.